The van der Waals surface area contributed by atoms with Crippen LogP contribution in [0.2, 0.25) is 0 Å². The molecule has 188 valence electrons. The van der Waals surface area contributed by atoms with E-state index in [9.17, 15) is 13.2 Å². The van der Waals surface area contributed by atoms with E-state index in [1.165, 1.54) is 13.2 Å². The Hall–Kier alpha value is -3.38. The van der Waals surface area contributed by atoms with Crippen LogP contribution in [-0.2, 0) is 15.7 Å². The van der Waals surface area contributed by atoms with Crippen molar-refractivity contribution in [3.63, 3.8) is 0 Å². The average molecular weight is 493 g/mol. The molecule has 1 fully saturated rings. The van der Waals surface area contributed by atoms with Gasteiger partial charge >= 0.3 is 6.18 Å². The summed E-state index contributed by atoms with van der Waals surface area (Å²) in [6, 6.07) is 5.01. The molecule has 1 saturated heterocycles. The Labute approximate surface area is 199 Å². The van der Waals surface area contributed by atoms with Crippen LogP contribution >= 0.6 is 0 Å². The predicted molar refractivity (Wildman–Crippen MR) is 123 cm³/mol. The molecule has 1 aliphatic heterocycles. The van der Waals surface area contributed by atoms with Crippen LogP contribution < -0.4 is 20.5 Å². The standard InChI is InChI=1S/C23H26F3N5O4/c1-12(17-6-14(27)7-21(31-17)23(24,25)26)28-22-16-8-20(35-5-4-34-15-10-33-11-15)19(32-3)9-18(16)29-13(2)30-22/h6-9,12,15H,4-5,10-11H2,1-3H3,(H2,27,31)(H,28,29,30). The molecule has 3 aromatic rings. The van der Waals surface area contributed by atoms with Gasteiger partial charge in [0.1, 0.15) is 30.0 Å². The number of anilines is 2. The van der Waals surface area contributed by atoms with E-state index in [0.29, 0.717) is 53.9 Å². The molecule has 1 aromatic carbocycles. The molecular formula is C23H26F3N5O4. The van der Waals surface area contributed by atoms with Gasteiger partial charge in [-0.1, -0.05) is 0 Å². The third kappa shape index (κ3) is 5.82. The van der Waals surface area contributed by atoms with Gasteiger partial charge in [0.15, 0.2) is 11.5 Å². The molecule has 1 unspecified atom stereocenters. The van der Waals surface area contributed by atoms with E-state index in [2.05, 4.69) is 20.3 Å². The van der Waals surface area contributed by atoms with Crippen molar-refractivity contribution in [1.29, 1.82) is 0 Å². The zero-order valence-corrected chi connectivity index (χ0v) is 19.5. The summed E-state index contributed by atoms with van der Waals surface area (Å²) in [5.41, 5.74) is 5.32. The first kappa shape index (κ1) is 24.7. The summed E-state index contributed by atoms with van der Waals surface area (Å²) >= 11 is 0. The Morgan fingerprint density at radius 1 is 1.11 bits per heavy atom. The number of benzene rings is 1. The second-order valence-corrected chi connectivity index (χ2v) is 8.09. The molecule has 0 saturated carbocycles. The van der Waals surface area contributed by atoms with Gasteiger partial charge in [0, 0.05) is 17.1 Å². The van der Waals surface area contributed by atoms with Crippen molar-refractivity contribution < 1.29 is 32.1 Å². The number of ether oxygens (including phenoxy) is 4. The lowest BCUT2D eigenvalue weighted by atomic mass is 10.1. The number of nitrogens with zero attached hydrogens (tertiary/aromatic N) is 3. The molecule has 35 heavy (non-hydrogen) atoms. The van der Waals surface area contributed by atoms with Crippen molar-refractivity contribution >= 4 is 22.4 Å². The molecule has 2 aromatic heterocycles. The molecule has 3 heterocycles. The van der Waals surface area contributed by atoms with Crippen LogP contribution in [0.15, 0.2) is 24.3 Å². The van der Waals surface area contributed by atoms with Gasteiger partial charge in [-0.2, -0.15) is 13.2 Å². The fraction of sp³-hybridized carbons (Fsp3) is 0.435. The molecular weight excluding hydrogens is 467 g/mol. The second kappa shape index (κ2) is 10.1. The highest BCUT2D eigenvalue weighted by atomic mass is 19.4. The van der Waals surface area contributed by atoms with Crippen LogP contribution in [-0.4, -0.2) is 54.6 Å². The summed E-state index contributed by atoms with van der Waals surface area (Å²) in [5.74, 6) is 1.82. The van der Waals surface area contributed by atoms with E-state index in [4.69, 9.17) is 24.7 Å². The predicted octanol–water partition coefficient (Wildman–Crippen LogP) is 3.91. The number of aromatic nitrogens is 3. The Morgan fingerprint density at radius 2 is 1.89 bits per heavy atom. The molecule has 0 bridgehead atoms. The maximum Gasteiger partial charge on any atom is 0.433 e. The Kier molecular flexibility index (Phi) is 7.13. The van der Waals surface area contributed by atoms with Crippen molar-refractivity contribution in [3.05, 3.63) is 41.5 Å². The summed E-state index contributed by atoms with van der Waals surface area (Å²) in [6.07, 6.45) is -4.52. The highest BCUT2D eigenvalue weighted by Gasteiger charge is 2.33. The normalized spacial score (nSPS) is 15.0. The summed E-state index contributed by atoms with van der Waals surface area (Å²) in [4.78, 5) is 12.7. The van der Waals surface area contributed by atoms with Crippen LogP contribution in [0.1, 0.15) is 30.2 Å². The van der Waals surface area contributed by atoms with Crippen LogP contribution in [0.4, 0.5) is 24.7 Å². The molecule has 0 radical (unpaired) electrons. The fourth-order valence-electron chi connectivity index (χ4n) is 3.53. The van der Waals surface area contributed by atoms with Crippen molar-refractivity contribution in [1.82, 2.24) is 15.0 Å². The van der Waals surface area contributed by atoms with Crippen molar-refractivity contribution in [2.75, 3.05) is 44.6 Å². The van der Waals surface area contributed by atoms with Crippen LogP contribution in [0, 0.1) is 6.92 Å². The number of nitrogen functional groups attached to an aromatic ring is 1. The van der Waals surface area contributed by atoms with E-state index >= 15 is 0 Å². The van der Waals surface area contributed by atoms with Gasteiger partial charge in [-0.15, -0.1) is 0 Å². The van der Waals surface area contributed by atoms with E-state index in [0.717, 1.165) is 6.07 Å². The lowest BCUT2D eigenvalue weighted by Gasteiger charge is -2.26. The number of methoxy groups -OCH3 is 1. The number of hydrogen-bond donors (Lipinski definition) is 2. The van der Waals surface area contributed by atoms with Gasteiger partial charge in [-0.25, -0.2) is 15.0 Å². The van der Waals surface area contributed by atoms with Gasteiger partial charge < -0.3 is 30.0 Å². The van der Waals surface area contributed by atoms with Crippen molar-refractivity contribution in [2.45, 2.75) is 32.2 Å². The quantitative estimate of drug-likeness (QED) is 0.428. The van der Waals surface area contributed by atoms with Gasteiger partial charge in [-0.05, 0) is 32.0 Å². The number of hydrogen-bond acceptors (Lipinski definition) is 9. The lowest BCUT2D eigenvalue weighted by Crippen LogP contribution is -2.37. The zero-order chi connectivity index (χ0) is 25.2. The number of pyridine rings is 1. The van der Waals surface area contributed by atoms with Crippen LogP contribution in [0.25, 0.3) is 10.9 Å². The number of nitrogens with one attached hydrogen (secondary N) is 1. The van der Waals surface area contributed by atoms with Crippen LogP contribution in [0.3, 0.4) is 0 Å². The first-order valence-corrected chi connectivity index (χ1v) is 10.9. The van der Waals surface area contributed by atoms with Gasteiger partial charge in [0.05, 0.1) is 44.2 Å². The van der Waals surface area contributed by atoms with E-state index in [1.807, 2.05) is 0 Å². The zero-order valence-electron chi connectivity index (χ0n) is 19.5. The summed E-state index contributed by atoms with van der Waals surface area (Å²) in [6.45, 7) is 5.22. The summed E-state index contributed by atoms with van der Waals surface area (Å²) < 4.78 is 61.7. The second-order valence-electron chi connectivity index (χ2n) is 8.09. The van der Waals surface area contributed by atoms with E-state index < -0.39 is 17.9 Å². The minimum atomic E-state index is -4.61. The number of alkyl halides is 3. The van der Waals surface area contributed by atoms with Gasteiger partial charge in [0.2, 0.25) is 0 Å². The fourth-order valence-corrected chi connectivity index (χ4v) is 3.53. The lowest BCUT2D eigenvalue weighted by molar-refractivity contribution is -0.141. The molecule has 9 nitrogen and oxygen atoms in total. The monoisotopic (exact) mass is 493 g/mol. The number of fused-ring (bicyclic) bond motifs is 1. The molecule has 1 atom stereocenters. The highest BCUT2D eigenvalue weighted by molar-refractivity contribution is 5.92. The maximum atomic E-state index is 13.2. The third-order valence-electron chi connectivity index (χ3n) is 5.35. The molecule has 4 rings (SSSR count). The summed E-state index contributed by atoms with van der Waals surface area (Å²) in [5, 5.41) is 3.74. The number of rotatable bonds is 9. The largest absolute Gasteiger partial charge is 0.493 e. The maximum absolute atomic E-state index is 13.2. The average Bonchev–Trinajstić information content (AvgIpc) is 2.76. The summed E-state index contributed by atoms with van der Waals surface area (Å²) in [7, 11) is 1.52. The van der Waals surface area contributed by atoms with Gasteiger partial charge in [0.25, 0.3) is 0 Å². The molecule has 0 spiro atoms. The van der Waals surface area contributed by atoms with Crippen molar-refractivity contribution in [3.8, 4) is 11.5 Å². The highest BCUT2D eigenvalue weighted by Crippen LogP contribution is 2.36. The molecule has 3 N–H and O–H groups in total. The van der Waals surface area contributed by atoms with Crippen LogP contribution in [0.5, 0.6) is 11.5 Å². The first-order chi connectivity index (χ1) is 16.6. The smallest absolute Gasteiger partial charge is 0.433 e. The number of nitrogens with two attached hydrogens (primary N) is 1. The number of aryl methyl sites for hydroxylation is 1. The third-order valence-corrected chi connectivity index (χ3v) is 5.35. The van der Waals surface area contributed by atoms with Crippen molar-refractivity contribution in [2.24, 2.45) is 0 Å². The molecule has 12 heteroatoms. The number of halogens is 3. The minimum Gasteiger partial charge on any atom is -0.493 e. The van der Waals surface area contributed by atoms with E-state index in [-0.39, 0.29) is 24.1 Å². The van der Waals surface area contributed by atoms with Gasteiger partial charge in [-0.3, -0.25) is 0 Å². The Morgan fingerprint density at radius 3 is 2.54 bits per heavy atom. The molecule has 1 aliphatic rings. The SMILES string of the molecule is COc1cc2nc(C)nc(NC(C)c3cc(N)cc(C(F)(F)F)n3)c2cc1OCCOC1COC1. The Balaban J connectivity index is 1.60. The Bertz CT molecular complexity index is 1200. The minimum absolute atomic E-state index is 0.0317. The molecule has 0 aliphatic carbocycles. The topological polar surface area (TPSA) is 114 Å². The van der Waals surface area contributed by atoms with E-state index in [1.54, 1.807) is 26.0 Å². The molecule has 0 amide bonds. The first-order valence-electron chi connectivity index (χ1n) is 10.9.